The van der Waals surface area contributed by atoms with Gasteiger partial charge in [0.1, 0.15) is 12.6 Å². The van der Waals surface area contributed by atoms with Crippen molar-refractivity contribution in [2.24, 2.45) is 5.92 Å². The number of carbonyl (C=O) groups is 2. The van der Waals surface area contributed by atoms with E-state index in [0.717, 1.165) is 19.9 Å². The predicted octanol–water partition coefficient (Wildman–Crippen LogP) is 7.02. The molecule has 0 saturated heterocycles. The highest BCUT2D eigenvalue weighted by Gasteiger charge is 2.35. The number of halogens is 2. The number of benzene rings is 4. The van der Waals surface area contributed by atoms with Crippen molar-refractivity contribution >= 4 is 55.1 Å². The summed E-state index contributed by atoms with van der Waals surface area (Å²) in [5.74, 6) is -0.622. The normalized spacial score (nSPS) is 12.0. The van der Waals surface area contributed by atoms with Gasteiger partial charge in [0.15, 0.2) is 0 Å². The molecule has 4 rings (SSSR count). The van der Waals surface area contributed by atoms with Crippen molar-refractivity contribution in [3.8, 4) is 0 Å². The molecule has 10 heteroatoms. The fourth-order valence-electron chi connectivity index (χ4n) is 4.85. The molecule has 0 fully saturated rings. The summed E-state index contributed by atoms with van der Waals surface area (Å²) in [5, 5.41) is 3.40. The largest absolute Gasteiger partial charge is 0.354 e. The third-order valence-corrected chi connectivity index (χ3v) is 9.84. The van der Waals surface area contributed by atoms with Gasteiger partial charge in [-0.3, -0.25) is 13.9 Å². The lowest BCUT2D eigenvalue weighted by Gasteiger charge is -2.34. The summed E-state index contributed by atoms with van der Waals surface area (Å²) in [4.78, 5) is 29.9. The van der Waals surface area contributed by atoms with Crippen LogP contribution in [0.5, 0.6) is 0 Å². The van der Waals surface area contributed by atoms with Crippen LogP contribution in [-0.2, 0) is 32.6 Å². The summed E-state index contributed by atoms with van der Waals surface area (Å²) in [7, 11) is -4.21. The van der Waals surface area contributed by atoms with Crippen LogP contribution in [0.2, 0.25) is 5.02 Å². The Morgan fingerprint density at radius 1 is 0.844 bits per heavy atom. The quantitative estimate of drug-likeness (QED) is 0.162. The molecule has 1 N–H and O–H groups in total. The van der Waals surface area contributed by atoms with Gasteiger partial charge in [0, 0.05) is 29.0 Å². The number of nitrogens with one attached hydrogen (secondary N) is 1. The minimum atomic E-state index is -4.21. The second kappa shape index (κ2) is 15.6. The number of carbonyl (C=O) groups excluding carboxylic acids is 2. The van der Waals surface area contributed by atoms with Gasteiger partial charge in [-0.15, -0.1) is 0 Å². The molecule has 0 spiro atoms. The van der Waals surface area contributed by atoms with E-state index in [2.05, 4.69) is 21.2 Å². The van der Waals surface area contributed by atoms with Crippen LogP contribution in [0.25, 0.3) is 0 Å². The smallest absolute Gasteiger partial charge is 0.264 e. The Kier molecular flexibility index (Phi) is 11.8. The van der Waals surface area contributed by atoms with E-state index in [0.29, 0.717) is 22.8 Å². The molecule has 4 aromatic carbocycles. The highest BCUT2D eigenvalue weighted by molar-refractivity contribution is 9.10. The SMILES string of the molecule is Cc1ccccc1N(CC(=O)N(Cc1ccc(Br)cc1)[C@@H](Cc1ccccc1)C(=O)NCC(C)C)S(=O)(=O)c1ccc(Cl)cc1. The van der Waals surface area contributed by atoms with Crippen molar-refractivity contribution in [2.75, 3.05) is 17.4 Å². The van der Waals surface area contributed by atoms with Crippen LogP contribution in [0.15, 0.2) is 112 Å². The predicted molar refractivity (Wildman–Crippen MR) is 184 cm³/mol. The summed E-state index contributed by atoms with van der Waals surface area (Å²) >= 11 is 9.52. The van der Waals surface area contributed by atoms with Crippen molar-refractivity contribution in [1.82, 2.24) is 10.2 Å². The lowest BCUT2D eigenvalue weighted by atomic mass is 10.0. The molecule has 4 aromatic rings. The average molecular weight is 711 g/mol. The summed E-state index contributed by atoms with van der Waals surface area (Å²) in [5.41, 5.74) is 2.72. The Labute approximate surface area is 279 Å². The Hall–Kier alpha value is -3.66. The minimum absolute atomic E-state index is 0.00192. The minimum Gasteiger partial charge on any atom is -0.354 e. The molecule has 0 aliphatic carbocycles. The Morgan fingerprint density at radius 2 is 1.47 bits per heavy atom. The third kappa shape index (κ3) is 9.19. The zero-order valence-electron chi connectivity index (χ0n) is 25.5. The van der Waals surface area contributed by atoms with Gasteiger partial charge >= 0.3 is 0 Å². The first-order chi connectivity index (χ1) is 21.5. The zero-order valence-corrected chi connectivity index (χ0v) is 28.6. The summed E-state index contributed by atoms with van der Waals surface area (Å²) in [6.07, 6.45) is 0.251. The van der Waals surface area contributed by atoms with Crippen LogP contribution in [0.3, 0.4) is 0 Å². The van der Waals surface area contributed by atoms with Crippen LogP contribution < -0.4 is 9.62 Å². The number of sulfonamides is 1. The van der Waals surface area contributed by atoms with E-state index in [1.54, 1.807) is 25.1 Å². The van der Waals surface area contributed by atoms with Gasteiger partial charge < -0.3 is 10.2 Å². The zero-order chi connectivity index (χ0) is 32.6. The topological polar surface area (TPSA) is 86.8 Å². The van der Waals surface area contributed by atoms with Crippen LogP contribution in [0.1, 0.15) is 30.5 Å². The van der Waals surface area contributed by atoms with Gasteiger partial charge in [0.25, 0.3) is 10.0 Å². The van der Waals surface area contributed by atoms with Crippen LogP contribution in [0.4, 0.5) is 5.69 Å². The molecule has 0 aliphatic rings. The molecule has 236 valence electrons. The molecule has 0 unspecified atom stereocenters. The monoisotopic (exact) mass is 709 g/mol. The molecular weight excluding hydrogens is 674 g/mol. The van der Waals surface area contributed by atoms with Crippen molar-refractivity contribution in [3.63, 3.8) is 0 Å². The van der Waals surface area contributed by atoms with Crippen molar-refractivity contribution in [3.05, 3.63) is 129 Å². The van der Waals surface area contributed by atoms with Crippen LogP contribution in [0, 0.1) is 12.8 Å². The number of anilines is 1. The van der Waals surface area contributed by atoms with Crippen molar-refractivity contribution in [1.29, 1.82) is 0 Å². The fraction of sp³-hybridized carbons (Fsp3) is 0.257. The molecular formula is C35H37BrClN3O4S. The molecule has 45 heavy (non-hydrogen) atoms. The number of rotatable bonds is 13. The molecule has 0 aromatic heterocycles. The number of nitrogens with zero attached hydrogens (tertiary/aromatic N) is 2. The first-order valence-corrected chi connectivity index (χ1v) is 17.3. The molecule has 0 saturated carbocycles. The first kappa shape index (κ1) is 34.2. The Morgan fingerprint density at radius 3 is 2.09 bits per heavy atom. The fourth-order valence-corrected chi connectivity index (χ4v) is 6.72. The molecule has 0 heterocycles. The van der Waals surface area contributed by atoms with Gasteiger partial charge in [-0.05, 0) is 72.0 Å². The van der Waals surface area contributed by atoms with E-state index in [1.165, 1.54) is 29.2 Å². The van der Waals surface area contributed by atoms with Gasteiger partial charge in [0.05, 0.1) is 10.6 Å². The molecule has 0 aliphatic heterocycles. The van der Waals surface area contributed by atoms with E-state index in [9.17, 15) is 18.0 Å². The van der Waals surface area contributed by atoms with E-state index in [1.807, 2.05) is 74.5 Å². The number of para-hydroxylation sites is 1. The second-order valence-corrected chi connectivity index (χ2v) is 14.5. The van der Waals surface area contributed by atoms with Crippen molar-refractivity contribution < 1.29 is 18.0 Å². The Balaban J connectivity index is 1.80. The van der Waals surface area contributed by atoms with E-state index >= 15 is 0 Å². The lowest BCUT2D eigenvalue weighted by Crippen LogP contribution is -2.53. The number of amides is 2. The number of hydrogen-bond acceptors (Lipinski definition) is 4. The highest BCUT2D eigenvalue weighted by Crippen LogP contribution is 2.28. The second-order valence-electron chi connectivity index (χ2n) is 11.2. The maximum Gasteiger partial charge on any atom is 0.264 e. The Bertz CT molecular complexity index is 1700. The third-order valence-electron chi connectivity index (χ3n) is 7.29. The maximum absolute atomic E-state index is 14.5. The van der Waals surface area contributed by atoms with Gasteiger partial charge in [-0.2, -0.15) is 0 Å². The molecule has 7 nitrogen and oxygen atoms in total. The highest BCUT2D eigenvalue weighted by atomic mass is 79.9. The summed E-state index contributed by atoms with van der Waals surface area (Å²) in [6, 6.07) is 28.9. The van der Waals surface area contributed by atoms with E-state index in [-0.39, 0.29) is 29.7 Å². The summed E-state index contributed by atoms with van der Waals surface area (Å²) in [6.45, 7) is 5.81. The van der Waals surface area contributed by atoms with Crippen LogP contribution in [-0.4, -0.2) is 44.3 Å². The maximum atomic E-state index is 14.5. The lowest BCUT2D eigenvalue weighted by molar-refractivity contribution is -0.140. The molecule has 0 radical (unpaired) electrons. The van der Waals surface area contributed by atoms with Crippen molar-refractivity contribution in [2.45, 2.75) is 44.7 Å². The molecule has 2 amide bonds. The number of aryl methyl sites for hydroxylation is 1. The van der Waals surface area contributed by atoms with Gasteiger partial charge in [0.2, 0.25) is 11.8 Å². The van der Waals surface area contributed by atoms with Crippen LogP contribution >= 0.6 is 27.5 Å². The standard InChI is InChI=1S/C35H37BrClN3O4S/c1-25(2)22-38-35(42)33(21-27-10-5-4-6-11-27)39(23-28-13-15-29(36)16-14-28)34(41)24-40(32-12-8-7-9-26(32)3)45(43,44)31-19-17-30(37)18-20-31/h4-20,25,33H,21-24H2,1-3H3,(H,38,42)/t33-/m0/s1. The summed E-state index contributed by atoms with van der Waals surface area (Å²) < 4.78 is 30.3. The van der Waals surface area contributed by atoms with E-state index in [4.69, 9.17) is 11.6 Å². The average Bonchev–Trinajstić information content (AvgIpc) is 3.02. The first-order valence-electron chi connectivity index (χ1n) is 14.6. The van der Waals surface area contributed by atoms with Gasteiger partial charge in [-0.1, -0.05) is 102 Å². The number of hydrogen-bond donors (Lipinski definition) is 1. The molecule has 1 atom stereocenters. The molecule has 0 bridgehead atoms. The van der Waals surface area contributed by atoms with Gasteiger partial charge in [-0.25, -0.2) is 8.42 Å². The van der Waals surface area contributed by atoms with E-state index < -0.39 is 28.5 Å².